The van der Waals surface area contributed by atoms with Gasteiger partial charge in [0, 0.05) is 12.8 Å². The fourth-order valence-electron chi connectivity index (χ4n) is 3.85. The second-order valence-corrected chi connectivity index (χ2v) is 8.94. The SMILES string of the molecule is C=C1CCC=C(C)CCC(C(=CCC(O)C(C)(C)O)COC(C)=O)C1(C)C(=O)OC. The number of aliphatic hydroxyl groups excluding tert-OH is 1. The van der Waals surface area contributed by atoms with E-state index in [0.29, 0.717) is 12.8 Å². The lowest BCUT2D eigenvalue weighted by Gasteiger charge is -2.38. The predicted octanol–water partition coefficient (Wildman–Crippen LogP) is 3.87. The first-order valence-electron chi connectivity index (χ1n) is 10.5. The van der Waals surface area contributed by atoms with E-state index in [-0.39, 0.29) is 24.9 Å². The van der Waals surface area contributed by atoms with Crippen molar-refractivity contribution in [1.82, 2.24) is 0 Å². The number of ether oxygens (including phenoxy) is 2. The standard InChI is InChI=1S/C24H38O6/c1-16-9-8-10-17(2)24(6,22(27)29-7)20(13-11-16)19(15-30-18(3)25)12-14-21(26)23(4,5)28/h9,12,20-21,26,28H,2,8,10-11,13-15H2,1,3-7H3. The normalized spacial score (nSPS) is 24.8. The van der Waals surface area contributed by atoms with Gasteiger partial charge < -0.3 is 19.7 Å². The van der Waals surface area contributed by atoms with E-state index < -0.39 is 23.1 Å². The lowest BCUT2D eigenvalue weighted by Crippen LogP contribution is -2.41. The lowest BCUT2D eigenvalue weighted by atomic mass is 9.66. The van der Waals surface area contributed by atoms with Crippen LogP contribution in [-0.4, -0.2) is 47.6 Å². The van der Waals surface area contributed by atoms with Gasteiger partial charge in [0.1, 0.15) is 6.61 Å². The maximum absolute atomic E-state index is 13.0. The molecule has 2 N–H and O–H groups in total. The van der Waals surface area contributed by atoms with Crippen molar-refractivity contribution in [2.24, 2.45) is 11.3 Å². The third-order valence-corrected chi connectivity index (χ3v) is 6.12. The number of hydrogen-bond donors (Lipinski definition) is 2. The van der Waals surface area contributed by atoms with Crippen molar-refractivity contribution in [3.8, 4) is 0 Å². The smallest absolute Gasteiger partial charge is 0.316 e. The van der Waals surface area contributed by atoms with Crippen molar-refractivity contribution in [2.75, 3.05) is 13.7 Å². The van der Waals surface area contributed by atoms with E-state index in [2.05, 4.69) is 19.6 Å². The van der Waals surface area contributed by atoms with E-state index in [0.717, 1.165) is 24.0 Å². The maximum Gasteiger partial charge on any atom is 0.316 e. The lowest BCUT2D eigenvalue weighted by molar-refractivity contribution is -0.152. The minimum absolute atomic E-state index is 0.00119. The topological polar surface area (TPSA) is 93.1 Å². The number of carbonyl (C=O) groups is 2. The van der Waals surface area contributed by atoms with Crippen molar-refractivity contribution in [2.45, 2.75) is 78.4 Å². The molecule has 1 aliphatic rings. The van der Waals surface area contributed by atoms with Crippen LogP contribution in [0.5, 0.6) is 0 Å². The molecule has 0 aromatic carbocycles. The monoisotopic (exact) mass is 422 g/mol. The molecule has 6 nitrogen and oxygen atoms in total. The van der Waals surface area contributed by atoms with E-state index in [9.17, 15) is 19.8 Å². The molecule has 0 saturated carbocycles. The van der Waals surface area contributed by atoms with E-state index in [4.69, 9.17) is 9.47 Å². The van der Waals surface area contributed by atoms with Crippen LogP contribution in [0, 0.1) is 11.3 Å². The minimum atomic E-state index is -1.28. The van der Waals surface area contributed by atoms with E-state index in [1.807, 2.05) is 6.92 Å². The van der Waals surface area contributed by atoms with Crippen LogP contribution in [-0.2, 0) is 19.1 Å². The molecule has 0 bridgehead atoms. The third kappa shape index (κ3) is 6.81. The van der Waals surface area contributed by atoms with Crippen LogP contribution in [0.3, 0.4) is 0 Å². The summed E-state index contributed by atoms with van der Waals surface area (Å²) >= 11 is 0. The number of methoxy groups -OCH3 is 1. The Morgan fingerprint density at radius 2 is 2.03 bits per heavy atom. The van der Waals surface area contributed by atoms with E-state index in [1.54, 1.807) is 6.08 Å². The number of aliphatic hydroxyl groups is 2. The number of allylic oxidation sites excluding steroid dienone is 2. The second kappa shape index (κ2) is 10.9. The predicted molar refractivity (Wildman–Crippen MR) is 117 cm³/mol. The van der Waals surface area contributed by atoms with Crippen molar-refractivity contribution in [3.63, 3.8) is 0 Å². The first-order chi connectivity index (χ1) is 13.8. The Hall–Kier alpha value is -1.92. The highest BCUT2D eigenvalue weighted by atomic mass is 16.5. The van der Waals surface area contributed by atoms with Crippen LogP contribution in [0.15, 0.2) is 35.5 Å². The Kier molecular flexibility index (Phi) is 9.50. The zero-order valence-corrected chi connectivity index (χ0v) is 19.3. The highest BCUT2D eigenvalue weighted by Gasteiger charge is 2.46. The van der Waals surface area contributed by atoms with Crippen LogP contribution >= 0.6 is 0 Å². The molecule has 0 saturated heterocycles. The Balaban J connectivity index is 3.47. The van der Waals surface area contributed by atoms with Crippen LogP contribution in [0.4, 0.5) is 0 Å². The summed E-state index contributed by atoms with van der Waals surface area (Å²) in [6, 6.07) is 0. The summed E-state index contributed by atoms with van der Waals surface area (Å²) in [6.07, 6.45) is 5.96. The molecule has 30 heavy (non-hydrogen) atoms. The Morgan fingerprint density at radius 3 is 2.57 bits per heavy atom. The molecule has 170 valence electrons. The Labute approximate surface area is 180 Å². The van der Waals surface area contributed by atoms with Gasteiger partial charge in [0.25, 0.3) is 0 Å². The molecule has 1 aliphatic carbocycles. The number of carbonyl (C=O) groups excluding carboxylic acids is 2. The summed E-state index contributed by atoms with van der Waals surface area (Å²) in [5.74, 6) is -1.14. The molecule has 0 aliphatic heterocycles. The highest BCUT2D eigenvalue weighted by molar-refractivity contribution is 5.81. The number of hydrogen-bond acceptors (Lipinski definition) is 6. The Morgan fingerprint density at radius 1 is 1.40 bits per heavy atom. The van der Waals surface area contributed by atoms with E-state index in [1.165, 1.54) is 33.5 Å². The molecular formula is C24H38O6. The van der Waals surface area contributed by atoms with Gasteiger partial charge in [0.15, 0.2) is 0 Å². The fraction of sp³-hybridized carbons (Fsp3) is 0.667. The molecular weight excluding hydrogens is 384 g/mol. The molecule has 0 radical (unpaired) electrons. The molecule has 0 aromatic heterocycles. The summed E-state index contributed by atoms with van der Waals surface area (Å²) in [4.78, 5) is 24.5. The molecule has 6 heteroatoms. The van der Waals surface area contributed by atoms with Crippen LogP contribution in [0.2, 0.25) is 0 Å². The van der Waals surface area contributed by atoms with Gasteiger partial charge in [-0.15, -0.1) is 0 Å². The second-order valence-electron chi connectivity index (χ2n) is 8.94. The first-order valence-corrected chi connectivity index (χ1v) is 10.5. The molecule has 3 atom stereocenters. The zero-order valence-electron chi connectivity index (χ0n) is 19.3. The van der Waals surface area contributed by atoms with Gasteiger partial charge in [-0.25, -0.2) is 0 Å². The van der Waals surface area contributed by atoms with Gasteiger partial charge in [-0.1, -0.05) is 29.9 Å². The largest absolute Gasteiger partial charge is 0.468 e. The highest BCUT2D eigenvalue weighted by Crippen LogP contribution is 2.46. The van der Waals surface area contributed by atoms with Crippen molar-refractivity contribution in [1.29, 1.82) is 0 Å². The molecule has 3 unspecified atom stereocenters. The molecule has 0 amide bonds. The quantitative estimate of drug-likeness (QED) is 0.478. The first kappa shape index (κ1) is 26.1. The number of rotatable bonds is 7. The third-order valence-electron chi connectivity index (χ3n) is 6.12. The average molecular weight is 423 g/mol. The van der Waals surface area contributed by atoms with E-state index >= 15 is 0 Å². The Bertz CT molecular complexity index is 697. The van der Waals surface area contributed by atoms with Gasteiger partial charge in [-0.05, 0) is 65.4 Å². The van der Waals surface area contributed by atoms with Gasteiger partial charge in [0.05, 0.1) is 24.2 Å². The molecule has 0 spiro atoms. The van der Waals surface area contributed by atoms with Crippen molar-refractivity contribution >= 4 is 11.9 Å². The zero-order chi connectivity index (χ0) is 23.1. The summed E-state index contributed by atoms with van der Waals surface area (Å²) in [5, 5.41) is 20.4. The van der Waals surface area contributed by atoms with Gasteiger partial charge in [0.2, 0.25) is 0 Å². The van der Waals surface area contributed by atoms with Crippen molar-refractivity contribution in [3.05, 3.63) is 35.5 Å². The minimum Gasteiger partial charge on any atom is -0.468 e. The number of esters is 2. The molecule has 0 heterocycles. The van der Waals surface area contributed by atoms with Crippen LogP contribution in [0.25, 0.3) is 0 Å². The summed E-state index contributed by atoms with van der Waals surface area (Å²) in [7, 11) is 1.36. The summed E-state index contributed by atoms with van der Waals surface area (Å²) < 4.78 is 10.5. The summed E-state index contributed by atoms with van der Waals surface area (Å²) in [5.41, 5.74) is 0.430. The molecule has 1 rings (SSSR count). The molecule has 0 aromatic rings. The van der Waals surface area contributed by atoms with Gasteiger partial charge in [-0.2, -0.15) is 0 Å². The van der Waals surface area contributed by atoms with Gasteiger partial charge >= 0.3 is 11.9 Å². The average Bonchev–Trinajstić information content (AvgIpc) is 2.71. The fourth-order valence-corrected chi connectivity index (χ4v) is 3.85. The van der Waals surface area contributed by atoms with Gasteiger partial charge in [-0.3, -0.25) is 9.59 Å². The van der Waals surface area contributed by atoms with Crippen molar-refractivity contribution < 1.29 is 29.3 Å². The van der Waals surface area contributed by atoms with Crippen LogP contribution < -0.4 is 0 Å². The van der Waals surface area contributed by atoms with Crippen LogP contribution in [0.1, 0.15) is 66.7 Å². The summed E-state index contributed by atoms with van der Waals surface area (Å²) in [6.45, 7) is 12.5. The maximum atomic E-state index is 13.0. The molecule has 0 fully saturated rings.